The van der Waals surface area contributed by atoms with Crippen LogP contribution in [-0.4, -0.2) is 31.4 Å². The number of nitrogens with one attached hydrogen (secondary N) is 1. The Morgan fingerprint density at radius 2 is 2.04 bits per heavy atom. The van der Waals surface area contributed by atoms with Crippen molar-refractivity contribution in [1.29, 1.82) is 0 Å². The first-order chi connectivity index (χ1) is 12.2. The number of rotatable bonds is 5. The molecule has 0 radical (unpaired) electrons. The van der Waals surface area contributed by atoms with Crippen molar-refractivity contribution in [3.8, 4) is 5.69 Å². The molecule has 1 N–H and O–H groups in total. The molecule has 0 spiro atoms. The Morgan fingerprint density at radius 3 is 2.64 bits per heavy atom. The SMILES string of the molecule is O=C(c1ccc(-n2cc[nH]c2=S)cc1)N(Cc1ccccn1)C1CC1. The molecule has 6 heteroatoms. The van der Waals surface area contributed by atoms with E-state index >= 15 is 0 Å². The van der Waals surface area contributed by atoms with E-state index in [4.69, 9.17) is 12.2 Å². The van der Waals surface area contributed by atoms with Crippen LogP contribution in [0.25, 0.3) is 5.69 Å². The van der Waals surface area contributed by atoms with Crippen LogP contribution < -0.4 is 0 Å². The van der Waals surface area contributed by atoms with Gasteiger partial charge in [0.2, 0.25) is 0 Å². The van der Waals surface area contributed by atoms with Gasteiger partial charge in [0.05, 0.1) is 12.2 Å². The molecule has 1 aromatic carbocycles. The van der Waals surface area contributed by atoms with E-state index in [0.29, 0.717) is 22.9 Å². The van der Waals surface area contributed by atoms with Gasteiger partial charge in [-0.05, 0) is 61.5 Å². The molecule has 2 aromatic heterocycles. The number of nitrogens with zero attached hydrogens (tertiary/aromatic N) is 3. The van der Waals surface area contributed by atoms with Crippen molar-refractivity contribution in [3.05, 3.63) is 77.1 Å². The number of hydrogen-bond donors (Lipinski definition) is 1. The summed E-state index contributed by atoms with van der Waals surface area (Å²) in [6.45, 7) is 0.551. The minimum absolute atomic E-state index is 0.0531. The van der Waals surface area contributed by atoms with Crippen LogP contribution in [0.4, 0.5) is 0 Å². The summed E-state index contributed by atoms with van der Waals surface area (Å²) in [4.78, 5) is 22.2. The fraction of sp³-hybridized carbons (Fsp3) is 0.211. The summed E-state index contributed by atoms with van der Waals surface area (Å²) in [6, 6.07) is 13.7. The fourth-order valence-corrected chi connectivity index (χ4v) is 3.11. The maximum absolute atomic E-state index is 13.0. The Kier molecular flexibility index (Phi) is 4.19. The average molecular weight is 350 g/mol. The zero-order chi connectivity index (χ0) is 17.2. The van der Waals surface area contributed by atoms with Gasteiger partial charge >= 0.3 is 0 Å². The third-order valence-corrected chi connectivity index (χ3v) is 4.66. The third kappa shape index (κ3) is 3.39. The quantitative estimate of drug-likeness (QED) is 0.713. The summed E-state index contributed by atoms with van der Waals surface area (Å²) < 4.78 is 2.50. The highest BCUT2D eigenvalue weighted by Crippen LogP contribution is 2.29. The first kappa shape index (κ1) is 15.8. The molecule has 3 aromatic rings. The van der Waals surface area contributed by atoms with Crippen LogP contribution >= 0.6 is 12.2 Å². The topological polar surface area (TPSA) is 53.9 Å². The molecular formula is C19H18N4OS. The molecule has 25 heavy (non-hydrogen) atoms. The van der Waals surface area contributed by atoms with Gasteiger partial charge in [0.25, 0.3) is 5.91 Å². The minimum atomic E-state index is 0.0531. The first-order valence-corrected chi connectivity index (χ1v) is 8.70. The lowest BCUT2D eigenvalue weighted by atomic mass is 10.1. The van der Waals surface area contributed by atoms with Crippen LogP contribution in [0.3, 0.4) is 0 Å². The van der Waals surface area contributed by atoms with Gasteiger partial charge in [0.15, 0.2) is 4.77 Å². The van der Waals surface area contributed by atoms with E-state index in [1.54, 1.807) is 12.4 Å². The third-order valence-electron chi connectivity index (χ3n) is 4.35. The van der Waals surface area contributed by atoms with Crippen molar-refractivity contribution in [2.45, 2.75) is 25.4 Å². The van der Waals surface area contributed by atoms with Gasteiger partial charge in [-0.15, -0.1) is 0 Å². The van der Waals surface area contributed by atoms with E-state index in [2.05, 4.69) is 9.97 Å². The van der Waals surface area contributed by atoms with E-state index in [1.165, 1.54) is 0 Å². The number of carbonyl (C=O) groups is 1. The standard InChI is InChI=1S/C19H18N4OS/c24-18(23(17-8-9-17)13-15-3-1-2-10-20-15)14-4-6-16(7-5-14)22-12-11-21-19(22)25/h1-7,10-12,17H,8-9,13H2,(H,21,25). The second-order valence-corrected chi connectivity index (χ2v) is 6.55. The number of imidazole rings is 1. The predicted octanol–water partition coefficient (Wildman–Crippen LogP) is 3.73. The molecule has 1 saturated carbocycles. The zero-order valence-electron chi connectivity index (χ0n) is 13.6. The zero-order valence-corrected chi connectivity index (χ0v) is 14.4. The van der Waals surface area contributed by atoms with Crippen LogP contribution in [0, 0.1) is 4.77 Å². The van der Waals surface area contributed by atoms with Gasteiger partial charge in [0, 0.05) is 35.9 Å². The molecule has 0 aliphatic heterocycles. The summed E-state index contributed by atoms with van der Waals surface area (Å²) in [6.07, 6.45) is 7.56. The van der Waals surface area contributed by atoms with Gasteiger partial charge in [-0.2, -0.15) is 0 Å². The molecule has 1 fully saturated rings. The average Bonchev–Trinajstić information content (AvgIpc) is 3.41. The fourth-order valence-electron chi connectivity index (χ4n) is 2.87. The highest BCUT2D eigenvalue weighted by Gasteiger charge is 2.33. The minimum Gasteiger partial charge on any atom is -0.337 e. The molecule has 1 aliphatic rings. The molecule has 126 valence electrons. The smallest absolute Gasteiger partial charge is 0.254 e. The van der Waals surface area contributed by atoms with Gasteiger partial charge in [-0.25, -0.2) is 0 Å². The lowest BCUT2D eigenvalue weighted by Crippen LogP contribution is -2.32. The molecule has 4 rings (SSSR count). The normalized spacial score (nSPS) is 13.6. The maximum atomic E-state index is 13.0. The Morgan fingerprint density at radius 1 is 1.24 bits per heavy atom. The summed E-state index contributed by atoms with van der Waals surface area (Å²) in [7, 11) is 0. The van der Waals surface area contributed by atoms with Crippen LogP contribution in [0.2, 0.25) is 0 Å². The number of hydrogen-bond acceptors (Lipinski definition) is 3. The van der Waals surface area contributed by atoms with Crippen LogP contribution in [0.15, 0.2) is 61.1 Å². The molecule has 2 heterocycles. The highest BCUT2D eigenvalue weighted by molar-refractivity contribution is 7.71. The predicted molar refractivity (Wildman–Crippen MR) is 98.1 cm³/mol. The van der Waals surface area contributed by atoms with E-state index in [0.717, 1.165) is 24.2 Å². The van der Waals surface area contributed by atoms with Crippen LogP contribution in [0.1, 0.15) is 28.9 Å². The summed E-state index contributed by atoms with van der Waals surface area (Å²) in [5.74, 6) is 0.0531. The number of amides is 1. The van der Waals surface area contributed by atoms with Crippen LogP contribution in [0.5, 0.6) is 0 Å². The second kappa shape index (κ2) is 6.64. The molecule has 5 nitrogen and oxygen atoms in total. The Hall–Kier alpha value is -2.73. The number of benzene rings is 1. The molecule has 0 saturated heterocycles. The van der Waals surface area contributed by atoms with Crippen molar-refractivity contribution in [2.24, 2.45) is 0 Å². The van der Waals surface area contributed by atoms with Crippen molar-refractivity contribution >= 4 is 18.1 Å². The van der Waals surface area contributed by atoms with Crippen molar-refractivity contribution in [1.82, 2.24) is 19.4 Å². The Labute approximate surface area is 151 Å². The van der Waals surface area contributed by atoms with Gasteiger partial charge < -0.3 is 9.88 Å². The molecule has 0 bridgehead atoms. The number of carbonyl (C=O) groups excluding carboxylic acids is 1. The lowest BCUT2D eigenvalue weighted by Gasteiger charge is -2.22. The largest absolute Gasteiger partial charge is 0.337 e. The summed E-state index contributed by atoms with van der Waals surface area (Å²) >= 11 is 5.23. The Balaban J connectivity index is 1.56. The summed E-state index contributed by atoms with van der Waals surface area (Å²) in [5, 5.41) is 0. The molecular weight excluding hydrogens is 332 g/mol. The van der Waals surface area contributed by atoms with Crippen molar-refractivity contribution < 1.29 is 4.79 Å². The molecule has 0 unspecified atom stereocenters. The number of H-pyrrole nitrogens is 1. The van der Waals surface area contributed by atoms with Crippen molar-refractivity contribution in [2.75, 3.05) is 0 Å². The highest BCUT2D eigenvalue weighted by atomic mass is 32.1. The molecule has 0 atom stereocenters. The first-order valence-electron chi connectivity index (χ1n) is 8.30. The van der Waals surface area contributed by atoms with Gasteiger partial charge in [0.1, 0.15) is 0 Å². The number of aromatic amines is 1. The molecule has 1 amide bonds. The lowest BCUT2D eigenvalue weighted by molar-refractivity contribution is 0.0728. The number of aromatic nitrogens is 3. The monoisotopic (exact) mass is 350 g/mol. The van der Waals surface area contributed by atoms with E-state index < -0.39 is 0 Å². The maximum Gasteiger partial charge on any atom is 0.254 e. The van der Waals surface area contributed by atoms with Gasteiger partial charge in [-0.1, -0.05) is 6.07 Å². The Bertz CT molecular complexity index is 926. The van der Waals surface area contributed by atoms with E-state index in [9.17, 15) is 4.79 Å². The second-order valence-electron chi connectivity index (χ2n) is 6.17. The van der Waals surface area contributed by atoms with Crippen LogP contribution in [-0.2, 0) is 6.54 Å². The van der Waals surface area contributed by atoms with E-state index in [-0.39, 0.29) is 5.91 Å². The number of pyridine rings is 1. The van der Waals surface area contributed by atoms with Gasteiger partial charge in [-0.3, -0.25) is 14.3 Å². The summed E-state index contributed by atoms with van der Waals surface area (Å²) in [5.41, 5.74) is 2.54. The van der Waals surface area contributed by atoms with Crippen molar-refractivity contribution in [3.63, 3.8) is 0 Å². The molecule has 1 aliphatic carbocycles. The van der Waals surface area contributed by atoms with E-state index in [1.807, 2.05) is 58.1 Å².